The van der Waals surface area contributed by atoms with Crippen molar-refractivity contribution in [1.29, 1.82) is 0 Å². The normalized spacial score (nSPS) is 19.9. The van der Waals surface area contributed by atoms with Crippen molar-refractivity contribution in [2.45, 2.75) is 38.6 Å². The van der Waals surface area contributed by atoms with Crippen molar-refractivity contribution in [2.24, 2.45) is 0 Å². The van der Waals surface area contributed by atoms with Crippen molar-refractivity contribution in [3.8, 4) is 0 Å². The number of rotatable bonds is 5. The number of carbonyl (C=O) groups excluding carboxylic acids is 1. The van der Waals surface area contributed by atoms with Gasteiger partial charge in [0.2, 0.25) is 0 Å². The number of hydrogen-bond donors (Lipinski definition) is 1. The van der Waals surface area contributed by atoms with E-state index in [1.807, 2.05) is 6.92 Å². The van der Waals surface area contributed by atoms with Gasteiger partial charge in [-0.05, 0) is 26.3 Å². The van der Waals surface area contributed by atoms with Crippen molar-refractivity contribution < 1.29 is 14.3 Å². The Bertz CT molecular complexity index is 194. The van der Waals surface area contributed by atoms with Gasteiger partial charge in [0.05, 0.1) is 13.0 Å². The SMILES string of the molecule is CCNC1(CC(=O)OCC)CCOCC1. The summed E-state index contributed by atoms with van der Waals surface area (Å²) in [6.07, 6.45) is 2.23. The van der Waals surface area contributed by atoms with Crippen LogP contribution in [0.5, 0.6) is 0 Å². The summed E-state index contributed by atoms with van der Waals surface area (Å²) in [4.78, 5) is 11.5. The van der Waals surface area contributed by atoms with E-state index in [0.29, 0.717) is 13.0 Å². The van der Waals surface area contributed by atoms with Gasteiger partial charge < -0.3 is 14.8 Å². The topological polar surface area (TPSA) is 47.6 Å². The molecule has 1 N–H and O–H groups in total. The van der Waals surface area contributed by atoms with Crippen LogP contribution in [-0.2, 0) is 14.3 Å². The third-order valence-electron chi connectivity index (χ3n) is 2.79. The lowest BCUT2D eigenvalue weighted by molar-refractivity contribution is -0.146. The molecule has 1 saturated heterocycles. The highest BCUT2D eigenvalue weighted by atomic mass is 16.5. The molecule has 0 atom stereocenters. The molecule has 4 heteroatoms. The lowest BCUT2D eigenvalue weighted by Gasteiger charge is -2.37. The molecule has 0 radical (unpaired) electrons. The van der Waals surface area contributed by atoms with Crippen LogP contribution in [0.15, 0.2) is 0 Å². The molecule has 15 heavy (non-hydrogen) atoms. The largest absolute Gasteiger partial charge is 0.466 e. The Balaban J connectivity index is 2.51. The van der Waals surface area contributed by atoms with Crippen LogP contribution in [0.2, 0.25) is 0 Å². The van der Waals surface area contributed by atoms with Crippen molar-refractivity contribution in [3.05, 3.63) is 0 Å². The number of carbonyl (C=O) groups is 1. The number of hydrogen-bond acceptors (Lipinski definition) is 4. The highest BCUT2D eigenvalue weighted by Crippen LogP contribution is 2.24. The van der Waals surface area contributed by atoms with E-state index < -0.39 is 0 Å². The van der Waals surface area contributed by atoms with Crippen LogP contribution in [-0.4, -0.2) is 37.9 Å². The monoisotopic (exact) mass is 215 g/mol. The molecule has 1 aliphatic heterocycles. The van der Waals surface area contributed by atoms with Gasteiger partial charge in [-0.3, -0.25) is 4.79 Å². The van der Waals surface area contributed by atoms with Crippen LogP contribution >= 0.6 is 0 Å². The number of esters is 1. The van der Waals surface area contributed by atoms with Crippen molar-refractivity contribution in [3.63, 3.8) is 0 Å². The molecule has 0 bridgehead atoms. The minimum atomic E-state index is -0.111. The molecule has 0 aromatic rings. The van der Waals surface area contributed by atoms with E-state index in [2.05, 4.69) is 12.2 Å². The zero-order valence-corrected chi connectivity index (χ0v) is 9.67. The van der Waals surface area contributed by atoms with Gasteiger partial charge in [0.25, 0.3) is 0 Å². The fourth-order valence-electron chi connectivity index (χ4n) is 2.04. The predicted octanol–water partition coefficient (Wildman–Crippen LogP) is 1.10. The molecule has 1 fully saturated rings. The van der Waals surface area contributed by atoms with Gasteiger partial charge in [-0.25, -0.2) is 0 Å². The molecule has 1 rings (SSSR count). The maximum absolute atomic E-state index is 11.5. The molecule has 0 amide bonds. The first-order chi connectivity index (χ1) is 7.22. The zero-order chi connectivity index (χ0) is 11.1. The van der Waals surface area contributed by atoms with E-state index >= 15 is 0 Å². The molecule has 88 valence electrons. The smallest absolute Gasteiger partial charge is 0.307 e. The summed E-state index contributed by atoms with van der Waals surface area (Å²) >= 11 is 0. The van der Waals surface area contributed by atoms with Gasteiger partial charge >= 0.3 is 5.97 Å². The van der Waals surface area contributed by atoms with Gasteiger partial charge in [0.1, 0.15) is 0 Å². The molecule has 4 nitrogen and oxygen atoms in total. The standard InChI is InChI=1S/C11H21NO3/c1-3-12-11(5-7-14-8-6-11)9-10(13)15-4-2/h12H,3-9H2,1-2H3. The molecule has 1 heterocycles. The predicted molar refractivity (Wildman–Crippen MR) is 57.7 cm³/mol. The maximum atomic E-state index is 11.5. The third-order valence-corrected chi connectivity index (χ3v) is 2.79. The van der Waals surface area contributed by atoms with Gasteiger partial charge in [0, 0.05) is 18.8 Å². The Kier molecular flexibility index (Phi) is 5.05. The van der Waals surface area contributed by atoms with Crippen molar-refractivity contribution >= 4 is 5.97 Å². The van der Waals surface area contributed by atoms with E-state index in [1.54, 1.807) is 0 Å². The minimum Gasteiger partial charge on any atom is -0.466 e. The van der Waals surface area contributed by atoms with Crippen LogP contribution in [0.4, 0.5) is 0 Å². The van der Waals surface area contributed by atoms with Crippen LogP contribution in [0, 0.1) is 0 Å². The van der Waals surface area contributed by atoms with E-state index in [0.717, 1.165) is 32.6 Å². The fraction of sp³-hybridized carbons (Fsp3) is 0.909. The van der Waals surface area contributed by atoms with Crippen molar-refractivity contribution in [1.82, 2.24) is 5.32 Å². The summed E-state index contributed by atoms with van der Waals surface area (Å²) < 4.78 is 10.3. The molecule has 0 aromatic carbocycles. The van der Waals surface area contributed by atoms with Gasteiger partial charge in [0.15, 0.2) is 0 Å². The van der Waals surface area contributed by atoms with Crippen LogP contribution in [0.1, 0.15) is 33.1 Å². The first-order valence-electron chi connectivity index (χ1n) is 5.71. The molecule has 0 aliphatic carbocycles. The Morgan fingerprint density at radius 1 is 1.40 bits per heavy atom. The molecule has 0 aromatic heterocycles. The summed E-state index contributed by atoms with van der Waals surface area (Å²) in [6.45, 7) is 6.68. The fourth-order valence-corrected chi connectivity index (χ4v) is 2.04. The quantitative estimate of drug-likeness (QED) is 0.698. The third kappa shape index (κ3) is 3.80. The van der Waals surface area contributed by atoms with E-state index in [1.165, 1.54) is 0 Å². The van der Waals surface area contributed by atoms with E-state index in [-0.39, 0.29) is 11.5 Å². The first-order valence-corrected chi connectivity index (χ1v) is 5.71. The van der Waals surface area contributed by atoms with Gasteiger partial charge in [-0.1, -0.05) is 6.92 Å². The minimum absolute atomic E-state index is 0.0980. The van der Waals surface area contributed by atoms with Crippen molar-refractivity contribution in [2.75, 3.05) is 26.4 Å². The average molecular weight is 215 g/mol. The Labute approximate surface area is 91.3 Å². The number of ether oxygens (including phenoxy) is 2. The second kappa shape index (κ2) is 6.08. The zero-order valence-electron chi connectivity index (χ0n) is 9.67. The molecular formula is C11H21NO3. The molecule has 1 aliphatic rings. The maximum Gasteiger partial charge on any atom is 0.307 e. The lowest BCUT2D eigenvalue weighted by atomic mass is 9.86. The lowest BCUT2D eigenvalue weighted by Crippen LogP contribution is -2.50. The second-order valence-electron chi connectivity index (χ2n) is 3.90. The Morgan fingerprint density at radius 2 is 2.07 bits per heavy atom. The summed E-state index contributed by atoms with van der Waals surface area (Å²) in [5.41, 5.74) is -0.0980. The highest BCUT2D eigenvalue weighted by molar-refractivity contribution is 5.70. The Hall–Kier alpha value is -0.610. The average Bonchev–Trinajstić information content (AvgIpc) is 2.19. The summed E-state index contributed by atoms with van der Waals surface area (Å²) in [5.74, 6) is -0.111. The first kappa shape index (κ1) is 12.5. The molecule has 0 spiro atoms. The summed E-state index contributed by atoms with van der Waals surface area (Å²) in [7, 11) is 0. The van der Waals surface area contributed by atoms with Crippen LogP contribution in [0.3, 0.4) is 0 Å². The number of nitrogens with one attached hydrogen (secondary N) is 1. The highest BCUT2D eigenvalue weighted by Gasteiger charge is 2.34. The Morgan fingerprint density at radius 3 is 2.60 bits per heavy atom. The van der Waals surface area contributed by atoms with E-state index in [4.69, 9.17) is 9.47 Å². The molecule has 0 unspecified atom stereocenters. The van der Waals surface area contributed by atoms with Gasteiger partial charge in [-0.2, -0.15) is 0 Å². The van der Waals surface area contributed by atoms with Gasteiger partial charge in [-0.15, -0.1) is 0 Å². The molecule has 0 saturated carbocycles. The summed E-state index contributed by atoms with van der Waals surface area (Å²) in [5, 5.41) is 3.41. The van der Waals surface area contributed by atoms with E-state index in [9.17, 15) is 4.79 Å². The second-order valence-corrected chi connectivity index (χ2v) is 3.90. The van der Waals surface area contributed by atoms with Crippen LogP contribution < -0.4 is 5.32 Å². The molecular weight excluding hydrogens is 194 g/mol. The summed E-state index contributed by atoms with van der Waals surface area (Å²) in [6, 6.07) is 0. The van der Waals surface area contributed by atoms with Crippen LogP contribution in [0.25, 0.3) is 0 Å².